The van der Waals surface area contributed by atoms with Gasteiger partial charge in [0.05, 0.1) is 19.4 Å². The molecule has 2 aromatic carbocycles. The van der Waals surface area contributed by atoms with Gasteiger partial charge < -0.3 is 14.4 Å². The van der Waals surface area contributed by atoms with E-state index in [4.69, 9.17) is 14.5 Å². The number of carbonyl (C=O) groups is 1. The number of piperidine rings is 1. The Bertz CT molecular complexity index is 1340. The Morgan fingerprint density at radius 1 is 1.09 bits per heavy atom. The third-order valence-electron chi connectivity index (χ3n) is 6.41. The molecule has 0 amide bonds. The second kappa shape index (κ2) is 9.74. The lowest BCUT2D eigenvalue weighted by Crippen LogP contribution is -2.38. The van der Waals surface area contributed by atoms with Gasteiger partial charge in [0, 0.05) is 48.6 Å². The fourth-order valence-electron chi connectivity index (χ4n) is 4.57. The third kappa shape index (κ3) is 4.56. The lowest BCUT2D eigenvalue weighted by Gasteiger charge is -2.32. The fourth-order valence-corrected chi connectivity index (χ4v) is 4.57. The third-order valence-corrected chi connectivity index (χ3v) is 6.41. The van der Waals surface area contributed by atoms with Gasteiger partial charge in [-0.25, -0.2) is 14.4 Å². The van der Waals surface area contributed by atoms with E-state index in [-0.39, 0.29) is 17.5 Å². The lowest BCUT2D eigenvalue weighted by atomic mass is 9.89. The van der Waals surface area contributed by atoms with Crippen LogP contribution >= 0.6 is 0 Å². The highest BCUT2D eigenvalue weighted by Gasteiger charge is 2.28. The van der Waals surface area contributed by atoms with E-state index in [1.807, 2.05) is 41.8 Å². The van der Waals surface area contributed by atoms with Crippen molar-refractivity contribution >= 4 is 17.4 Å². The van der Waals surface area contributed by atoms with Crippen LogP contribution in [0.25, 0.3) is 16.9 Å². The number of Topliss-reactive ketones (excluding diaryl/α,β-unsaturated/α-hetero) is 1. The van der Waals surface area contributed by atoms with Crippen LogP contribution in [0.4, 0.5) is 10.3 Å². The summed E-state index contributed by atoms with van der Waals surface area (Å²) >= 11 is 0. The molecule has 4 aromatic rings. The summed E-state index contributed by atoms with van der Waals surface area (Å²) in [5.41, 5.74) is 3.04. The first-order chi connectivity index (χ1) is 17.1. The average Bonchev–Trinajstić information content (AvgIpc) is 3.37. The number of hydrogen-bond acceptors (Lipinski definition) is 6. The minimum absolute atomic E-state index is 0.0700. The Balaban J connectivity index is 1.40. The zero-order valence-electron chi connectivity index (χ0n) is 19.8. The molecule has 2 aromatic heterocycles. The van der Waals surface area contributed by atoms with Gasteiger partial charge >= 0.3 is 0 Å². The number of methoxy groups -OCH3 is 1. The zero-order chi connectivity index (χ0) is 24.4. The van der Waals surface area contributed by atoms with Crippen molar-refractivity contribution in [2.24, 2.45) is 5.92 Å². The zero-order valence-corrected chi connectivity index (χ0v) is 19.8. The van der Waals surface area contributed by atoms with Crippen LogP contribution in [-0.2, 0) is 0 Å². The van der Waals surface area contributed by atoms with Crippen molar-refractivity contribution in [3.05, 3.63) is 72.3 Å². The highest BCUT2D eigenvalue weighted by atomic mass is 19.1. The van der Waals surface area contributed by atoms with Gasteiger partial charge in [-0.1, -0.05) is 0 Å². The Kier molecular flexibility index (Phi) is 6.35. The second-order valence-electron chi connectivity index (χ2n) is 8.53. The van der Waals surface area contributed by atoms with E-state index in [9.17, 15) is 9.18 Å². The first-order valence-electron chi connectivity index (χ1n) is 11.8. The molecule has 0 atom stereocenters. The summed E-state index contributed by atoms with van der Waals surface area (Å²) in [5.74, 6) is 1.77. The predicted molar refractivity (Wildman–Crippen MR) is 132 cm³/mol. The number of anilines is 1. The van der Waals surface area contributed by atoms with Gasteiger partial charge in [0.2, 0.25) is 5.95 Å². The molecule has 5 rings (SSSR count). The van der Waals surface area contributed by atoms with Crippen molar-refractivity contribution in [3.8, 4) is 22.8 Å². The molecule has 0 N–H and O–H groups in total. The molecular formula is C27H27FN4O3. The average molecular weight is 475 g/mol. The molecule has 1 fully saturated rings. The Morgan fingerprint density at radius 3 is 2.57 bits per heavy atom. The number of benzene rings is 2. The van der Waals surface area contributed by atoms with Gasteiger partial charge in [-0.05, 0) is 62.2 Å². The molecule has 0 unspecified atom stereocenters. The summed E-state index contributed by atoms with van der Waals surface area (Å²) in [6.45, 7) is 3.86. The number of fused-ring (bicyclic) bond motifs is 1. The number of hydrogen-bond donors (Lipinski definition) is 0. The van der Waals surface area contributed by atoms with Gasteiger partial charge in [-0.2, -0.15) is 0 Å². The van der Waals surface area contributed by atoms with Crippen LogP contribution in [0.5, 0.6) is 11.5 Å². The summed E-state index contributed by atoms with van der Waals surface area (Å²) in [6.07, 6.45) is 5.06. The first kappa shape index (κ1) is 22.8. The maximum absolute atomic E-state index is 13.2. The van der Waals surface area contributed by atoms with Crippen molar-refractivity contribution in [2.45, 2.75) is 19.8 Å². The predicted octanol–water partition coefficient (Wildman–Crippen LogP) is 5.04. The van der Waals surface area contributed by atoms with E-state index in [1.165, 1.54) is 12.1 Å². The van der Waals surface area contributed by atoms with Crippen molar-refractivity contribution in [3.63, 3.8) is 0 Å². The van der Waals surface area contributed by atoms with E-state index in [1.54, 1.807) is 25.4 Å². The summed E-state index contributed by atoms with van der Waals surface area (Å²) < 4.78 is 26.4. The number of rotatable bonds is 7. The minimum atomic E-state index is -0.336. The SMILES string of the molecule is CCOc1ccc(-c2cc3nccn3c(N3CCC(C(=O)c4ccc(F)cc4)CC3)n2)cc1OC. The van der Waals surface area contributed by atoms with Gasteiger partial charge in [-0.3, -0.25) is 9.20 Å². The smallest absolute Gasteiger partial charge is 0.211 e. The van der Waals surface area contributed by atoms with E-state index in [0.717, 1.165) is 22.9 Å². The number of halogens is 1. The van der Waals surface area contributed by atoms with E-state index in [0.29, 0.717) is 49.6 Å². The van der Waals surface area contributed by atoms with E-state index in [2.05, 4.69) is 9.88 Å². The molecule has 7 nitrogen and oxygen atoms in total. The highest BCUT2D eigenvalue weighted by molar-refractivity contribution is 5.98. The Hall–Kier alpha value is -3.94. The molecule has 8 heteroatoms. The van der Waals surface area contributed by atoms with Crippen molar-refractivity contribution < 1.29 is 18.7 Å². The summed E-state index contributed by atoms with van der Waals surface area (Å²) in [5, 5.41) is 0. The first-order valence-corrected chi connectivity index (χ1v) is 11.8. The summed E-state index contributed by atoms with van der Waals surface area (Å²) in [6, 6.07) is 13.5. The highest BCUT2D eigenvalue weighted by Crippen LogP contribution is 2.34. The summed E-state index contributed by atoms with van der Waals surface area (Å²) in [7, 11) is 1.62. The maximum atomic E-state index is 13.2. The molecule has 0 radical (unpaired) electrons. The topological polar surface area (TPSA) is 69.0 Å². The molecule has 3 heterocycles. The van der Waals surface area contributed by atoms with Crippen molar-refractivity contribution in [1.29, 1.82) is 0 Å². The number of carbonyl (C=O) groups excluding carboxylic acids is 1. The minimum Gasteiger partial charge on any atom is -0.493 e. The van der Waals surface area contributed by atoms with Crippen LogP contribution in [0.15, 0.2) is 60.9 Å². The van der Waals surface area contributed by atoms with E-state index >= 15 is 0 Å². The van der Waals surface area contributed by atoms with Gasteiger partial charge in [0.15, 0.2) is 17.3 Å². The van der Waals surface area contributed by atoms with Crippen LogP contribution in [0.3, 0.4) is 0 Å². The van der Waals surface area contributed by atoms with Crippen LogP contribution in [0.1, 0.15) is 30.1 Å². The van der Waals surface area contributed by atoms with Crippen LogP contribution < -0.4 is 14.4 Å². The standard InChI is InChI=1S/C27H27FN4O3/c1-3-35-23-9-6-20(16-24(23)34-2)22-17-25-29-12-15-32(25)27(30-22)31-13-10-19(11-14-31)26(33)18-4-7-21(28)8-5-18/h4-9,12,15-17,19H,3,10-11,13-14H2,1-2H3. The molecule has 0 saturated carbocycles. The number of aromatic nitrogens is 3. The quantitative estimate of drug-likeness (QED) is 0.350. The summed E-state index contributed by atoms with van der Waals surface area (Å²) in [4.78, 5) is 24.6. The van der Waals surface area contributed by atoms with Gasteiger partial charge in [-0.15, -0.1) is 0 Å². The van der Waals surface area contributed by atoms with Crippen LogP contribution in [0, 0.1) is 11.7 Å². The normalized spacial score (nSPS) is 14.3. The molecule has 1 saturated heterocycles. The Labute approximate surface area is 203 Å². The molecule has 180 valence electrons. The maximum Gasteiger partial charge on any atom is 0.211 e. The van der Waals surface area contributed by atoms with Crippen molar-refractivity contribution in [1.82, 2.24) is 14.4 Å². The second-order valence-corrected chi connectivity index (χ2v) is 8.53. The van der Waals surface area contributed by atoms with Crippen LogP contribution in [-0.4, -0.2) is 47.0 Å². The van der Waals surface area contributed by atoms with Crippen LogP contribution in [0.2, 0.25) is 0 Å². The number of ether oxygens (including phenoxy) is 2. The molecule has 0 bridgehead atoms. The molecule has 0 spiro atoms. The fraction of sp³-hybridized carbons (Fsp3) is 0.296. The molecular weight excluding hydrogens is 447 g/mol. The Morgan fingerprint density at radius 2 is 1.86 bits per heavy atom. The molecule has 35 heavy (non-hydrogen) atoms. The number of ketones is 1. The van der Waals surface area contributed by atoms with Gasteiger partial charge in [0.25, 0.3) is 0 Å². The molecule has 1 aliphatic heterocycles. The molecule has 1 aliphatic rings. The lowest BCUT2D eigenvalue weighted by molar-refractivity contribution is 0.0900. The number of imidazole rings is 1. The largest absolute Gasteiger partial charge is 0.493 e. The van der Waals surface area contributed by atoms with Gasteiger partial charge in [0.1, 0.15) is 11.5 Å². The molecule has 0 aliphatic carbocycles. The monoisotopic (exact) mass is 474 g/mol. The number of nitrogens with zero attached hydrogens (tertiary/aromatic N) is 4. The van der Waals surface area contributed by atoms with E-state index < -0.39 is 0 Å². The van der Waals surface area contributed by atoms with Crippen molar-refractivity contribution in [2.75, 3.05) is 31.7 Å².